The Morgan fingerprint density at radius 3 is 1.36 bits per heavy atom. The second kappa shape index (κ2) is 18.4. The van der Waals surface area contributed by atoms with Gasteiger partial charge in [-0.25, -0.2) is 24.3 Å². The van der Waals surface area contributed by atoms with Gasteiger partial charge in [-0.2, -0.15) is 19.1 Å². The zero-order valence-corrected chi connectivity index (χ0v) is 10.7. The molecule has 2 aliphatic rings. The van der Waals surface area contributed by atoms with Crippen molar-refractivity contribution in [2.24, 2.45) is 0 Å². The quantitative estimate of drug-likeness (QED) is 0.464. The van der Waals surface area contributed by atoms with E-state index in [1.165, 1.54) is 0 Å². The molecule has 0 fully saturated rings. The molecule has 0 aromatic rings. The Bertz CT molecular complexity index is 143. The number of allylic oxidation sites excluding steroid dienone is 8. The smallest absolute Gasteiger partial charge is 0.358 e. The van der Waals surface area contributed by atoms with E-state index in [9.17, 15) is 0 Å². The summed E-state index contributed by atoms with van der Waals surface area (Å²) >= 11 is 0. The van der Waals surface area contributed by atoms with Gasteiger partial charge in [-0.15, -0.1) is 12.8 Å². The minimum Gasteiger partial charge on any atom is -0.358 e. The fraction of sp³-hybridized carbons (Fsp3) is 0.231. The van der Waals surface area contributed by atoms with Crippen molar-refractivity contribution in [3.05, 3.63) is 63.0 Å². The Labute approximate surface area is 102 Å². The SMILES string of the molecule is [C-]1=CC=CC1.[C-]1=CC=CC1.[CH2-]C.[CH3-].[Ru+4]. The molecule has 0 N–H and O–H groups in total. The Balaban J connectivity index is -0.000000131. The molecule has 0 aromatic heterocycles. The van der Waals surface area contributed by atoms with Crippen LogP contribution in [0.25, 0.3) is 0 Å². The fourth-order valence-electron chi connectivity index (χ4n) is 0.680. The fourth-order valence-corrected chi connectivity index (χ4v) is 0.680. The molecule has 0 nitrogen and oxygen atoms in total. The molecular weight excluding hydrogens is 257 g/mol. The summed E-state index contributed by atoms with van der Waals surface area (Å²) in [6, 6.07) is 0. The third-order valence-corrected chi connectivity index (χ3v) is 1.17. The minimum absolute atomic E-state index is 0. The maximum absolute atomic E-state index is 3.25. The molecule has 0 atom stereocenters. The van der Waals surface area contributed by atoms with Crippen LogP contribution >= 0.6 is 0 Å². The predicted octanol–water partition coefficient (Wildman–Crippen LogP) is 3.90. The van der Waals surface area contributed by atoms with Crippen LogP contribution in [0.1, 0.15) is 19.8 Å². The Kier molecular flexibility index (Phi) is 25.2. The number of hydrogen-bond acceptors (Lipinski definition) is 0. The van der Waals surface area contributed by atoms with Gasteiger partial charge >= 0.3 is 19.5 Å². The predicted molar refractivity (Wildman–Crippen MR) is 60.6 cm³/mol. The van der Waals surface area contributed by atoms with Crippen molar-refractivity contribution < 1.29 is 19.5 Å². The van der Waals surface area contributed by atoms with Crippen molar-refractivity contribution in [1.82, 2.24) is 0 Å². The van der Waals surface area contributed by atoms with E-state index in [-0.39, 0.29) is 26.9 Å². The van der Waals surface area contributed by atoms with Gasteiger partial charge in [0.05, 0.1) is 0 Å². The van der Waals surface area contributed by atoms with Gasteiger partial charge < -0.3 is 14.4 Å². The van der Waals surface area contributed by atoms with E-state index < -0.39 is 0 Å². The first-order chi connectivity index (χ1) is 6.00. The topological polar surface area (TPSA) is 0 Å². The van der Waals surface area contributed by atoms with Crippen molar-refractivity contribution in [3.8, 4) is 0 Å². The molecule has 0 unspecified atom stereocenters. The van der Waals surface area contributed by atoms with Gasteiger partial charge in [0.2, 0.25) is 0 Å². The molecule has 0 saturated heterocycles. The van der Waals surface area contributed by atoms with E-state index in [0.29, 0.717) is 0 Å². The van der Waals surface area contributed by atoms with Crippen LogP contribution in [0.3, 0.4) is 0 Å². The monoisotopic (exact) mass is 276 g/mol. The summed E-state index contributed by atoms with van der Waals surface area (Å²) in [6.45, 7) is 5.00. The average Bonchev–Trinajstić information content (AvgIpc) is 2.87. The van der Waals surface area contributed by atoms with Gasteiger partial charge in [-0.1, -0.05) is 0 Å². The van der Waals surface area contributed by atoms with Crippen LogP contribution in [0.2, 0.25) is 0 Å². The second-order valence-electron chi connectivity index (χ2n) is 2.01. The molecule has 0 aromatic carbocycles. The molecule has 0 radical (unpaired) electrons. The first-order valence-corrected chi connectivity index (χ1v) is 4.14. The number of rotatable bonds is 0. The number of hydrogen-bond donors (Lipinski definition) is 0. The zero-order chi connectivity index (χ0) is 9.07. The van der Waals surface area contributed by atoms with E-state index in [4.69, 9.17) is 0 Å². The van der Waals surface area contributed by atoms with E-state index in [2.05, 4.69) is 31.2 Å². The molecule has 78 valence electrons. The molecule has 0 aliphatic heterocycles. The summed E-state index contributed by atoms with van der Waals surface area (Å²) in [5, 5.41) is 0. The first kappa shape index (κ1) is 19.2. The van der Waals surface area contributed by atoms with Crippen LogP contribution in [-0.2, 0) is 19.5 Å². The van der Waals surface area contributed by atoms with Crippen LogP contribution in [0.4, 0.5) is 0 Å². The van der Waals surface area contributed by atoms with Crippen molar-refractivity contribution in [1.29, 1.82) is 0 Å². The summed E-state index contributed by atoms with van der Waals surface area (Å²) < 4.78 is 0. The Hall–Kier alpha value is -0.417. The van der Waals surface area contributed by atoms with Crippen molar-refractivity contribution >= 4 is 0 Å². The summed E-state index contributed by atoms with van der Waals surface area (Å²) in [5.41, 5.74) is 0. The Morgan fingerprint density at radius 1 is 0.929 bits per heavy atom. The molecule has 1 heteroatoms. The van der Waals surface area contributed by atoms with Gasteiger partial charge in [0.1, 0.15) is 0 Å². The summed E-state index contributed by atoms with van der Waals surface area (Å²) in [4.78, 5) is 0. The summed E-state index contributed by atoms with van der Waals surface area (Å²) in [7, 11) is 0. The van der Waals surface area contributed by atoms with E-state index in [0.717, 1.165) is 12.8 Å². The molecule has 2 rings (SSSR count). The van der Waals surface area contributed by atoms with Crippen molar-refractivity contribution in [3.63, 3.8) is 0 Å². The molecule has 0 saturated carbocycles. The molecule has 0 amide bonds. The van der Waals surface area contributed by atoms with Gasteiger partial charge in [-0.3, -0.25) is 12.2 Å². The van der Waals surface area contributed by atoms with Gasteiger partial charge in [-0.05, 0) is 0 Å². The van der Waals surface area contributed by atoms with Crippen LogP contribution in [0.15, 0.2) is 36.5 Å². The third-order valence-electron chi connectivity index (χ3n) is 1.17. The molecule has 0 bridgehead atoms. The second-order valence-corrected chi connectivity index (χ2v) is 2.01. The van der Waals surface area contributed by atoms with Gasteiger partial charge in [0.25, 0.3) is 0 Å². The zero-order valence-electron chi connectivity index (χ0n) is 8.94. The molecular formula is C13H18Ru. The van der Waals surface area contributed by atoms with E-state index >= 15 is 0 Å². The van der Waals surface area contributed by atoms with Gasteiger partial charge in [0, 0.05) is 0 Å². The van der Waals surface area contributed by atoms with Crippen LogP contribution in [-0.4, -0.2) is 0 Å². The Morgan fingerprint density at radius 2 is 1.29 bits per heavy atom. The maximum Gasteiger partial charge on any atom is 4.00 e. The minimum atomic E-state index is 0. The van der Waals surface area contributed by atoms with E-state index in [1.54, 1.807) is 6.92 Å². The van der Waals surface area contributed by atoms with Crippen LogP contribution in [0.5, 0.6) is 0 Å². The van der Waals surface area contributed by atoms with Crippen LogP contribution < -0.4 is 0 Å². The van der Waals surface area contributed by atoms with Gasteiger partial charge in [0.15, 0.2) is 0 Å². The van der Waals surface area contributed by atoms with E-state index in [1.807, 2.05) is 24.3 Å². The largest absolute Gasteiger partial charge is 4.00 e. The first-order valence-electron chi connectivity index (χ1n) is 4.14. The van der Waals surface area contributed by atoms with Crippen LogP contribution in [0, 0.1) is 26.5 Å². The molecule has 2 aliphatic carbocycles. The molecule has 14 heavy (non-hydrogen) atoms. The average molecular weight is 275 g/mol. The molecule has 0 heterocycles. The normalized spacial score (nSPS) is 13.0. The third kappa shape index (κ3) is 14.1. The molecule has 0 spiro atoms. The maximum atomic E-state index is 3.25. The van der Waals surface area contributed by atoms with Crippen molar-refractivity contribution in [2.75, 3.05) is 0 Å². The summed E-state index contributed by atoms with van der Waals surface area (Å²) in [5.74, 6) is 0. The van der Waals surface area contributed by atoms with Crippen molar-refractivity contribution in [2.45, 2.75) is 19.8 Å². The summed E-state index contributed by atoms with van der Waals surface area (Å²) in [6.07, 6.45) is 20.0. The standard InChI is InChI=1S/2C5H5.C2H5.CH3.Ru/c2*1-2-4-5-3-1;1-2;;/h2*1-3H,4H2;1H2,2H3;1H3;/q4*-1;+4.